The Morgan fingerprint density at radius 2 is 2.00 bits per heavy atom. The van der Waals surface area contributed by atoms with Gasteiger partial charge in [-0.05, 0) is 37.8 Å². The van der Waals surface area contributed by atoms with Crippen LogP contribution < -0.4 is 5.32 Å². The summed E-state index contributed by atoms with van der Waals surface area (Å²) in [4.78, 5) is 11.1. The van der Waals surface area contributed by atoms with Gasteiger partial charge in [-0.1, -0.05) is 11.3 Å². The predicted molar refractivity (Wildman–Crippen MR) is 110 cm³/mol. The van der Waals surface area contributed by atoms with Crippen molar-refractivity contribution in [2.75, 3.05) is 6.54 Å². The van der Waals surface area contributed by atoms with E-state index < -0.39 is 18.3 Å². The van der Waals surface area contributed by atoms with Gasteiger partial charge in [-0.25, -0.2) is 9.50 Å². The molecule has 0 spiro atoms. The number of H-pyrrole nitrogens is 1. The van der Waals surface area contributed by atoms with Crippen LogP contribution in [0.4, 0.5) is 13.2 Å². The van der Waals surface area contributed by atoms with Crippen LogP contribution in [0.2, 0.25) is 0 Å². The van der Waals surface area contributed by atoms with Crippen molar-refractivity contribution in [1.29, 1.82) is 0 Å². The average Bonchev–Trinajstić information content (AvgIpc) is 3.44. The van der Waals surface area contributed by atoms with Crippen molar-refractivity contribution >= 4 is 16.6 Å². The fourth-order valence-corrected chi connectivity index (χ4v) is 4.53. The molecule has 0 amide bonds. The van der Waals surface area contributed by atoms with Crippen molar-refractivity contribution in [1.82, 2.24) is 35.1 Å². The minimum atomic E-state index is -4.82. The molecule has 1 fully saturated rings. The van der Waals surface area contributed by atoms with Crippen molar-refractivity contribution < 1.29 is 18.3 Å². The van der Waals surface area contributed by atoms with Gasteiger partial charge in [0.15, 0.2) is 5.60 Å². The summed E-state index contributed by atoms with van der Waals surface area (Å²) in [5.41, 5.74) is -0.700. The number of nitrogens with zero attached hydrogens (tertiary/aromatic N) is 5. The Balaban J connectivity index is 1.28. The lowest BCUT2D eigenvalue weighted by molar-refractivity contribution is -0.265. The van der Waals surface area contributed by atoms with Crippen LogP contribution >= 0.6 is 0 Å². The Morgan fingerprint density at radius 1 is 1.19 bits per heavy atom. The molecule has 1 aliphatic carbocycles. The summed E-state index contributed by atoms with van der Waals surface area (Å²) in [5.74, 6) is 0.158. The monoisotopic (exact) mass is 445 g/mol. The van der Waals surface area contributed by atoms with E-state index in [1.165, 1.54) is 18.3 Å². The summed E-state index contributed by atoms with van der Waals surface area (Å²) in [7, 11) is 0. The number of pyridine rings is 1. The van der Waals surface area contributed by atoms with E-state index in [9.17, 15) is 18.3 Å². The summed E-state index contributed by atoms with van der Waals surface area (Å²) in [6, 6.07) is 4.44. The molecule has 1 atom stereocenters. The maximum absolute atomic E-state index is 13.7. The van der Waals surface area contributed by atoms with Gasteiger partial charge in [0, 0.05) is 48.0 Å². The van der Waals surface area contributed by atoms with E-state index in [1.54, 1.807) is 10.8 Å². The maximum atomic E-state index is 13.7. The molecule has 0 bridgehead atoms. The Bertz CT molecular complexity index is 1210. The van der Waals surface area contributed by atoms with Crippen molar-refractivity contribution in [3.05, 3.63) is 54.4 Å². The molecule has 1 saturated carbocycles. The zero-order valence-corrected chi connectivity index (χ0v) is 17.0. The highest BCUT2D eigenvalue weighted by Gasteiger charge is 2.55. The van der Waals surface area contributed by atoms with Gasteiger partial charge in [-0.3, -0.25) is 4.98 Å². The van der Waals surface area contributed by atoms with Gasteiger partial charge in [0.2, 0.25) is 0 Å². The van der Waals surface area contributed by atoms with E-state index >= 15 is 0 Å². The first kappa shape index (κ1) is 20.8. The van der Waals surface area contributed by atoms with E-state index in [-0.39, 0.29) is 17.5 Å². The molecule has 4 aromatic rings. The summed E-state index contributed by atoms with van der Waals surface area (Å²) in [6.07, 6.45) is 3.92. The second kappa shape index (κ2) is 7.82. The third kappa shape index (κ3) is 3.51. The molecule has 3 N–H and O–H groups in total. The number of hydrogen-bond donors (Lipinski definition) is 3. The molecule has 0 radical (unpaired) electrons. The molecule has 1 aliphatic rings. The molecule has 0 aliphatic heterocycles. The first-order valence-corrected chi connectivity index (χ1v) is 10.5. The zero-order chi connectivity index (χ0) is 22.3. The van der Waals surface area contributed by atoms with Crippen LogP contribution in [0.15, 0.2) is 43.1 Å². The SMILES string of the molecule is OC(CNC1CCC(c2nnn3cnc4[nH]ccc4c23)CC1)(c1cccnc1)C(F)(F)F. The summed E-state index contributed by atoms with van der Waals surface area (Å²) >= 11 is 0. The molecule has 32 heavy (non-hydrogen) atoms. The lowest BCUT2D eigenvalue weighted by atomic mass is 9.83. The van der Waals surface area contributed by atoms with Crippen molar-refractivity contribution in [2.45, 2.75) is 49.4 Å². The fraction of sp³-hybridized carbons (Fsp3) is 0.429. The molecule has 8 nitrogen and oxygen atoms in total. The van der Waals surface area contributed by atoms with E-state index in [0.29, 0.717) is 12.8 Å². The normalized spacial score (nSPS) is 21.8. The fourth-order valence-electron chi connectivity index (χ4n) is 4.53. The zero-order valence-electron chi connectivity index (χ0n) is 17.0. The van der Waals surface area contributed by atoms with Gasteiger partial charge in [0.05, 0.1) is 5.69 Å². The van der Waals surface area contributed by atoms with Crippen LogP contribution in [-0.4, -0.2) is 53.6 Å². The van der Waals surface area contributed by atoms with Crippen LogP contribution in [0.5, 0.6) is 0 Å². The van der Waals surface area contributed by atoms with Crippen LogP contribution in [-0.2, 0) is 5.60 Å². The lowest BCUT2D eigenvalue weighted by Gasteiger charge is -2.34. The summed E-state index contributed by atoms with van der Waals surface area (Å²) in [6.45, 7) is -0.623. The van der Waals surface area contributed by atoms with Crippen molar-refractivity contribution in [3.8, 4) is 0 Å². The number of aromatic nitrogens is 6. The number of nitrogens with one attached hydrogen (secondary N) is 2. The lowest BCUT2D eigenvalue weighted by Crippen LogP contribution is -2.52. The highest BCUT2D eigenvalue weighted by atomic mass is 19.4. The Morgan fingerprint density at radius 3 is 2.72 bits per heavy atom. The molecular formula is C21H22F3N7O. The minimum Gasteiger partial charge on any atom is -0.375 e. The number of aromatic amines is 1. The number of aliphatic hydroxyl groups is 1. The first-order valence-electron chi connectivity index (χ1n) is 10.5. The molecule has 4 heterocycles. The highest BCUT2D eigenvalue weighted by molar-refractivity contribution is 5.92. The molecule has 168 valence electrons. The number of hydrogen-bond acceptors (Lipinski definition) is 6. The number of alkyl halides is 3. The average molecular weight is 445 g/mol. The molecule has 0 saturated heterocycles. The quantitative estimate of drug-likeness (QED) is 0.436. The van der Waals surface area contributed by atoms with Gasteiger partial charge in [0.25, 0.3) is 0 Å². The smallest absolute Gasteiger partial charge is 0.375 e. The van der Waals surface area contributed by atoms with Crippen LogP contribution in [0.1, 0.15) is 42.9 Å². The topological polar surface area (TPSA) is 104 Å². The van der Waals surface area contributed by atoms with Crippen molar-refractivity contribution in [3.63, 3.8) is 0 Å². The molecule has 4 aromatic heterocycles. The molecule has 5 rings (SSSR count). The van der Waals surface area contributed by atoms with Gasteiger partial charge in [0.1, 0.15) is 17.5 Å². The first-order chi connectivity index (χ1) is 15.4. The Labute approximate surface area is 180 Å². The summed E-state index contributed by atoms with van der Waals surface area (Å²) in [5, 5.41) is 22.9. The number of halogens is 3. The number of fused-ring (bicyclic) bond motifs is 3. The number of rotatable bonds is 5. The van der Waals surface area contributed by atoms with Gasteiger partial charge >= 0.3 is 6.18 Å². The Hall–Kier alpha value is -3.05. The minimum absolute atomic E-state index is 0.132. The van der Waals surface area contributed by atoms with E-state index in [0.717, 1.165) is 41.3 Å². The van der Waals surface area contributed by atoms with Crippen LogP contribution in [0.25, 0.3) is 16.6 Å². The van der Waals surface area contributed by atoms with Crippen molar-refractivity contribution in [2.24, 2.45) is 0 Å². The highest BCUT2D eigenvalue weighted by Crippen LogP contribution is 2.39. The third-order valence-electron chi connectivity index (χ3n) is 6.37. The standard InChI is InChI=1S/C21H22F3N7O/c22-21(23,24)20(32,14-2-1-8-25-10-14)11-27-15-5-3-13(4-6-15)17-18-16-7-9-26-19(16)28-12-31(18)30-29-17/h1-2,7-10,12-13,15,26-27,32H,3-6,11H2. The predicted octanol–water partition coefficient (Wildman–Crippen LogP) is 3.07. The summed E-state index contributed by atoms with van der Waals surface area (Å²) < 4.78 is 42.8. The third-order valence-corrected chi connectivity index (χ3v) is 6.37. The molecule has 11 heteroatoms. The van der Waals surface area contributed by atoms with Gasteiger partial charge < -0.3 is 15.4 Å². The second-order valence-electron chi connectivity index (χ2n) is 8.28. The second-order valence-corrected chi connectivity index (χ2v) is 8.28. The Kier molecular flexibility index (Phi) is 5.09. The maximum Gasteiger partial charge on any atom is 0.422 e. The van der Waals surface area contributed by atoms with E-state index in [2.05, 4.69) is 30.6 Å². The molecule has 0 aromatic carbocycles. The molecule has 1 unspecified atom stereocenters. The van der Waals surface area contributed by atoms with E-state index in [4.69, 9.17) is 0 Å². The van der Waals surface area contributed by atoms with Crippen LogP contribution in [0.3, 0.4) is 0 Å². The van der Waals surface area contributed by atoms with Gasteiger partial charge in [-0.2, -0.15) is 13.2 Å². The van der Waals surface area contributed by atoms with Crippen LogP contribution in [0, 0.1) is 0 Å². The van der Waals surface area contributed by atoms with E-state index in [1.807, 2.05) is 12.3 Å². The molecular weight excluding hydrogens is 423 g/mol. The van der Waals surface area contributed by atoms with Gasteiger partial charge in [-0.15, -0.1) is 5.10 Å². The largest absolute Gasteiger partial charge is 0.422 e.